The average molecular weight is 325 g/mol. The van der Waals surface area contributed by atoms with Gasteiger partial charge in [0.05, 0.1) is 23.6 Å². The summed E-state index contributed by atoms with van der Waals surface area (Å²) in [5, 5.41) is 15.1. The van der Waals surface area contributed by atoms with Gasteiger partial charge in [-0.15, -0.1) is 11.3 Å². The molecule has 22 heavy (non-hydrogen) atoms. The van der Waals surface area contributed by atoms with Gasteiger partial charge in [0.25, 0.3) is 5.91 Å². The zero-order valence-electron chi connectivity index (χ0n) is 12.8. The van der Waals surface area contributed by atoms with Crippen LogP contribution in [0.3, 0.4) is 0 Å². The van der Waals surface area contributed by atoms with E-state index in [9.17, 15) is 9.90 Å². The Balaban J connectivity index is 1.49. The van der Waals surface area contributed by atoms with Crippen LogP contribution in [-0.2, 0) is 4.74 Å². The standard InChI is InChI=1S/C15H23N3O3S/c1-17-4-6-18(7-5-17)9-12-14(19)11(10-21-12)16-15(20)13-3-2-8-22-13/h2-3,8,11-12,14,19H,4-7,9-10H2,1H3,(H,16,20). The van der Waals surface area contributed by atoms with Crippen molar-refractivity contribution in [3.05, 3.63) is 22.4 Å². The molecule has 1 amide bonds. The zero-order valence-corrected chi connectivity index (χ0v) is 13.6. The molecule has 122 valence electrons. The van der Waals surface area contributed by atoms with Crippen LogP contribution in [-0.4, -0.2) is 85.4 Å². The van der Waals surface area contributed by atoms with Gasteiger partial charge in [-0.25, -0.2) is 0 Å². The van der Waals surface area contributed by atoms with Gasteiger partial charge in [0.1, 0.15) is 6.10 Å². The molecule has 2 N–H and O–H groups in total. The summed E-state index contributed by atoms with van der Waals surface area (Å²) in [5.41, 5.74) is 0. The molecule has 0 radical (unpaired) electrons. The van der Waals surface area contributed by atoms with Crippen LogP contribution < -0.4 is 5.32 Å². The first-order chi connectivity index (χ1) is 10.6. The Labute approximate surface area is 134 Å². The van der Waals surface area contributed by atoms with Gasteiger partial charge < -0.3 is 20.1 Å². The molecule has 0 saturated carbocycles. The van der Waals surface area contributed by atoms with Gasteiger partial charge >= 0.3 is 0 Å². The molecule has 0 spiro atoms. The fourth-order valence-electron chi connectivity index (χ4n) is 2.90. The lowest BCUT2D eigenvalue weighted by molar-refractivity contribution is 0.00606. The first-order valence-corrected chi connectivity index (χ1v) is 8.56. The maximum atomic E-state index is 12.1. The quantitative estimate of drug-likeness (QED) is 0.806. The Hall–Kier alpha value is -0.990. The molecule has 2 fully saturated rings. The number of likely N-dealkylation sites (N-methyl/N-ethyl adjacent to an activating group) is 1. The Morgan fingerprint density at radius 1 is 1.45 bits per heavy atom. The number of piperazine rings is 1. The number of aliphatic hydroxyl groups excluding tert-OH is 1. The minimum absolute atomic E-state index is 0.136. The summed E-state index contributed by atoms with van der Waals surface area (Å²) in [6, 6.07) is 3.30. The number of nitrogens with zero attached hydrogens (tertiary/aromatic N) is 2. The third kappa shape index (κ3) is 3.67. The SMILES string of the molecule is CN1CCN(CC2OCC(NC(=O)c3cccs3)C2O)CC1. The van der Waals surface area contributed by atoms with Crippen LogP contribution in [0.5, 0.6) is 0 Å². The van der Waals surface area contributed by atoms with Gasteiger partial charge in [0, 0.05) is 32.7 Å². The molecule has 1 aromatic rings. The fourth-order valence-corrected chi connectivity index (χ4v) is 3.53. The largest absolute Gasteiger partial charge is 0.388 e. The van der Waals surface area contributed by atoms with Crippen LogP contribution >= 0.6 is 11.3 Å². The number of thiophene rings is 1. The first kappa shape index (κ1) is 15.9. The smallest absolute Gasteiger partial charge is 0.261 e. The van der Waals surface area contributed by atoms with Crippen molar-refractivity contribution in [3.63, 3.8) is 0 Å². The highest BCUT2D eigenvalue weighted by Crippen LogP contribution is 2.18. The van der Waals surface area contributed by atoms with E-state index in [0.717, 1.165) is 32.7 Å². The number of carbonyl (C=O) groups is 1. The lowest BCUT2D eigenvalue weighted by Gasteiger charge is -2.34. The summed E-state index contributed by atoms with van der Waals surface area (Å²) in [4.78, 5) is 17.3. The number of ether oxygens (including phenoxy) is 1. The number of rotatable bonds is 4. The van der Waals surface area contributed by atoms with E-state index in [0.29, 0.717) is 11.5 Å². The highest BCUT2D eigenvalue weighted by Gasteiger charge is 2.38. The number of nitrogens with one attached hydrogen (secondary N) is 1. The summed E-state index contributed by atoms with van der Waals surface area (Å²) < 4.78 is 5.71. The normalized spacial score (nSPS) is 30.5. The summed E-state index contributed by atoms with van der Waals surface area (Å²) in [6.45, 7) is 5.17. The van der Waals surface area contributed by atoms with Gasteiger partial charge in [0.2, 0.25) is 0 Å². The molecule has 3 heterocycles. The van der Waals surface area contributed by atoms with Crippen molar-refractivity contribution < 1.29 is 14.6 Å². The summed E-state index contributed by atoms with van der Waals surface area (Å²) in [6.07, 6.45) is -0.874. The van der Waals surface area contributed by atoms with Crippen molar-refractivity contribution in [2.75, 3.05) is 46.4 Å². The van der Waals surface area contributed by atoms with Gasteiger partial charge in [-0.05, 0) is 18.5 Å². The number of amides is 1. The van der Waals surface area contributed by atoms with Crippen LogP contribution in [0, 0.1) is 0 Å². The molecule has 1 aromatic heterocycles. The maximum Gasteiger partial charge on any atom is 0.261 e. The van der Waals surface area contributed by atoms with Crippen molar-refractivity contribution >= 4 is 17.2 Å². The van der Waals surface area contributed by atoms with Gasteiger partial charge in [-0.2, -0.15) is 0 Å². The molecule has 3 rings (SSSR count). The topological polar surface area (TPSA) is 65.0 Å². The van der Waals surface area contributed by atoms with Crippen LogP contribution in [0.4, 0.5) is 0 Å². The second kappa shape index (κ2) is 7.06. The number of carbonyl (C=O) groups excluding carboxylic acids is 1. The van der Waals surface area contributed by atoms with Crippen LogP contribution in [0.15, 0.2) is 17.5 Å². The predicted octanol–water partition coefficient (Wildman–Crippen LogP) is -0.146. The van der Waals surface area contributed by atoms with Crippen molar-refractivity contribution in [1.29, 1.82) is 0 Å². The second-order valence-electron chi connectivity index (χ2n) is 6.02. The molecule has 6 nitrogen and oxygen atoms in total. The van der Waals surface area contributed by atoms with Gasteiger partial charge in [0.15, 0.2) is 0 Å². The van der Waals surface area contributed by atoms with E-state index < -0.39 is 6.10 Å². The molecule has 2 aliphatic rings. The highest BCUT2D eigenvalue weighted by atomic mass is 32.1. The minimum atomic E-state index is -0.649. The average Bonchev–Trinajstić information content (AvgIpc) is 3.15. The Bertz CT molecular complexity index is 488. The summed E-state index contributed by atoms with van der Waals surface area (Å²) in [5.74, 6) is -0.136. The van der Waals surface area contributed by atoms with Gasteiger partial charge in [-0.1, -0.05) is 6.07 Å². The molecule has 7 heteroatoms. The van der Waals surface area contributed by atoms with E-state index in [-0.39, 0.29) is 18.1 Å². The van der Waals surface area contributed by atoms with E-state index in [1.165, 1.54) is 11.3 Å². The van der Waals surface area contributed by atoms with Crippen molar-refractivity contribution in [2.24, 2.45) is 0 Å². The first-order valence-electron chi connectivity index (χ1n) is 7.68. The second-order valence-corrected chi connectivity index (χ2v) is 6.97. The fraction of sp³-hybridized carbons (Fsp3) is 0.667. The zero-order chi connectivity index (χ0) is 15.5. The maximum absolute atomic E-state index is 12.1. The molecular weight excluding hydrogens is 302 g/mol. The lowest BCUT2D eigenvalue weighted by atomic mass is 10.1. The molecule has 3 atom stereocenters. The number of hydrogen-bond acceptors (Lipinski definition) is 6. The highest BCUT2D eigenvalue weighted by molar-refractivity contribution is 7.12. The molecule has 3 unspecified atom stereocenters. The van der Waals surface area contributed by atoms with E-state index >= 15 is 0 Å². The predicted molar refractivity (Wildman–Crippen MR) is 85.3 cm³/mol. The van der Waals surface area contributed by atoms with Crippen molar-refractivity contribution in [2.45, 2.75) is 18.2 Å². The van der Waals surface area contributed by atoms with E-state index in [1.54, 1.807) is 6.07 Å². The molecular formula is C15H23N3O3S. The number of aliphatic hydroxyl groups is 1. The summed E-state index contributed by atoms with van der Waals surface area (Å²) in [7, 11) is 2.12. The third-order valence-electron chi connectivity index (χ3n) is 4.38. The Morgan fingerprint density at radius 2 is 2.23 bits per heavy atom. The Morgan fingerprint density at radius 3 is 2.91 bits per heavy atom. The van der Waals surface area contributed by atoms with Crippen LogP contribution in [0.1, 0.15) is 9.67 Å². The summed E-state index contributed by atoms with van der Waals surface area (Å²) >= 11 is 1.40. The van der Waals surface area contributed by atoms with Gasteiger partial charge in [-0.3, -0.25) is 9.69 Å². The van der Waals surface area contributed by atoms with Crippen LogP contribution in [0.25, 0.3) is 0 Å². The Kier molecular flexibility index (Phi) is 5.10. The van der Waals surface area contributed by atoms with E-state index in [2.05, 4.69) is 22.2 Å². The minimum Gasteiger partial charge on any atom is -0.388 e. The number of hydrogen-bond donors (Lipinski definition) is 2. The van der Waals surface area contributed by atoms with Crippen molar-refractivity contribution in [1.82, 2.24) is 15.1 Å². The molecule has 0 aromatic carbocycles. The van der Waals surface area contributed by atoms with Crippen LogP contribution in [0.2, 0.25) is 0 Å². The molecule has 2 aliphatic heterocycles. The molecule has 2 saturated heterocycles. The monoisotopic (exact) mass is 325 g/mol. The van der Waals surface area contributed by atoms with E-state index in [1.807, 2.05) is 11.4 Å². The van der Waals surface area contributed by atoms with E-state index in [4.69, 9.17) is 4.74 Å². The lowest BCUT2D eigenvalue weighted by Crippen LogP contribution is -2.50. The van der Waals surface area contributed by atoms with Crippen molar-refractivity contribution in [3.8, 4) is 0 Å². The third-order valence-corrected chi connectivity index (χ3v) is 5.25. The molecule has 0 aliphatic carbocycles. The molecule has 0 bridgehead atoms.